The first kappa shape index (κ1) is 64.0. The molecule has 2 aromatic carbocycles. The van der Waals surface area contributed by atoms with Gasteiger partial charge in [0.25, 0.3) is 12.4 Å². The molecule has 0 bridgehead atoms. The number of anilines is 1. The second kappa shape index (κ2) is 26.2. The number of benzene rings is 2. The Labute approximate surface area is 456 Å². The molecule has 18 nitrogen and oxygen atoms in total. The SMILES string of the molecule is CCn1nc(C(F)(F)F)c2c1C(F)(F)C[C@@H]2C.CSN(C(=O)N1CCOCC1)c1nn(CC(F)(F)F)c2c(-c3ccc(C#CC(C)(C)S(C)=O)nc3C(Cc3cc(F)cc(F)c3)NC=O)ccc(Cl)c12.O=COCOP(=O)(O)O. The number of halogens is 11. The third-order valence-corrected chi connectivity index (χ3v) is 14.7. The van der Waals surface area contributed by atoms with E-state index >= 15 is 0 Å². The summed E-state index contributed by atoms with van der Waals surface area (Å²) in [5, 5.41) is 10.3. The van der Waals surface area contributed by atoms with Gasteiger partial charge in [0.2, 0.25) is 13.2 Å². The van der Waals surface area contributed by atoms with Crippen LogP contribution in [0.3, 0.4) is 0 Å². The van der Waals surface area contributed by atoms with Gasteiger partial charge >= 0.3 is 26.2 Å². The normalized spacial score (nSPS) is 16.0. The number of pyridine rings is 1. The Kier molecular flexibility index (Phi) is 21.2. The lowest BCUT2D eigenvalue weighted by Gasteiger charge is -2.30. The van der Waals surface area contributed by atoms with Crippen LogP contribution in [0.2, 0.25) is 5.02 Å². The molecule has 2 unspecified atom stereocenters. The van der Waals surface area contributed by atoms with Crippen molar-refractivity contribution in [1.29, 1.82) is 0 Å². The van der Waals surface area contributed by atoms with Crippen LogP contribution in [0.15, 0.2) is 42.5 Å². The van der Waals surface area contributed by atoms with E-state index in [0.29, 0.717) is 17.2 Å². The van der Waals surface area contributed by atoms with E-state index in [-0.39, 0.29) is 101 Å². The van der Waals surface area contributed by atoms with E-state index in [2.05, 4.69) is 36.6 Å². The molecule has 3 N–H and O–H groups in total. The maximum atomic E-state index is 14.3. The van der Waals surface area contributed by atoms with Gasteiger partial charge in [-0.3, -0.25) is 23.2 Å². The zero-order chi connectivity index (χ0) is 59.0. The second-order valence-corrected chi connectivity index (χ2v) is 22.0. The molecule has 2 aliphatic rings. The summed E-state index contributed by atoms with van der Waals surface area (Å²) in [7, 11) is -5.83. The number of phosphoric ester groups is 1. The standard InChI is InChI=1S/C35H34ClF5N6O4S2.C10H11F5N2.C2H5O6P/c1-34(2,53(4)50)10-9-24-5-6-25(30(43-24)28(42-20-48)17-21-15-22(37)18-23(38)16-21)26-7-8-27(36)29-31(26)46(19-35(39,40)41)44-32(29)47(52-3)33(49)45-11-13-51-14-12-45;1-3-17-8-6(5(2)4-9(8,11)12)7(16-17)10(13,14)15;3-1-7-2-8-9(4,5)6/h5-8,15-16,18,20,28H,11-14,17,19H2,1-4H3,(H,42,48);5H,3-4H2,1-2H3;1H,2H2,(H2,4,5,6)/t;5-;/m.0./s1. The van der Waals surface area contributed by atoms with E-state index < -0.39 is 102 Å². The molecule has 3 amide bonds. The van der Waals surface area contributed by atoms with Crippen LogP contribution in [0, 0.1) is 23.5 Å². The van der Waals surface area contributed by atoms with Crippen molar-refractivity contribution in [3.8, 4) is 23.0 Å². The first-order valence-electron chi connectivity index (χ1n) is 23.1. The molecule has 1 aliphatic heterocycles. The van der Waals surface area contributed by atoms with Crippen molar-refractivity contribution in [2.75, 3.05) is 49.9 Å². The fourth-order valence-electron chi connectivity index (χ4n) is 8.13. The van der Waals surface area contributed by atoms with Gasteiger partial charge < -0.3 is 29.5 Å². The largest absolute Gasteiger partial charge is 0.472 e. The number of ether oxygens (including phenoxy) is 2. The highest BCUT2D eigenvalue weighted by Crippen LogP contribution is 2.52. The Bertz CT molecular complexity index is 3140. The van der Waals surface area contributed by atoms with Gasteiger partial charge in [0.1, 0.15) is 34.3 Å². The van der Waals surface area contributed by atoms with Crippen molar-refractivity contribution in [3.63, 3.8) is 0 Å². The van der Waals surface area contributed by atoms with E-state index in [9.17, 15) is 67.1 Å². The molecular formula is C47H50ClF10N8O10PS2. The van der Waals surface area contributed by atoms with Gasteiger partial charge in [-0.15, -0.1) is 0 Å². The molecule has 32 heteroatoms. The van der Waals surface area contributed by atoms with Crippen LogP contribution in [0.1, 0.15) is 80.0 Å². The lowest BCUT2D eigenvalue weighted by atomic mass is 9.94. The monoisotopic (exact) mass is 1210 g/mol. The first-order valence-corrected chi connectivity index (χ1v) is 27.7. The predicted octanol–water partition coefficient (Wildman–Crippen LogP) is 9.41. The molecule has 432 valence electrons. The number of urea groups is 1. The van der Waals surface area contributed by atoms with Gasteiger partial charge in [0.15, 0.2) is 11.5 Å². The molecule has 1 saturated heterocycles. The van der Waals surface area contributed by atoms with Crippen molar-refractivity contribution in [1.82, 2.24) is 34.8 Å². The number of phosphoric acid groups is 1. The molecule has 0 saturated carbocycles. The number of nitrogens with zero attached hydrogens (tertiary/aromatic N) is 7. The van der Waals surface area contributed by atoms with Crippen LogP contribution >= 0.6 is 31.4 Å². The van der Waals surface area contributed by atoms with E-state index in [4.69, 9.17) is 31.1 Å². The summed E-state index contributed by atoms with van der Waals surface area (Å²) in [6, 6.07) is 7.18. The van der Waals surface area contributed by atoms with Crippen LogP contribution in [-0.4, -0.2) is 119 Å². The summed E-state index contributed by atoms with van der Waals surface area (Å²) in [6.45, 7) is 5.03. The number of carbonyl (C=O) groups excluding carboxylic acids is 3. The Morgan fingerprint density at radius 3 is 2.23 bits per heavy atom. The molecule has 0 radical (unpaired) electrons. The molecule has 3 aromatic heterocycles. The Morgan fingerprint density at radius 1 is 1.05 bits per heavy atom. The minimum Gasteiger partial charge on any atom is -0.440 e. The van der Waals surface area contributed by atoms with Gasteiger partial charge in [-0.05, 0) is 86.9 Å². The van der Waals surface area contributed by atoms with Crippen molar-refractivity contribution in [2.45, 2.75) is 88.6 Å². The van der Waals surface area contributed by atoms with Gasteiger partial charge in [-0.2, -0.15) is 45.3 Å². The van der Waals surface area contributed by atoms with Crippen molar-refractivity contribution < 1.29 is 90.8 Å². The second-order valence-electron chi connectivity index (χ2n) is 17.7. The van der Waals surface area contributed by atoms with Crippen LogP contribution in [0.5, 0.6) is 0 Å². The van der Waals surface area contributed by atoms with Crippen LogP contribution in [-0.2, 0) is 70.6 Å². The fourth-order valence-corrected chi connectivity index (χ4v) is 9.33. The van der Waals surface area contributed by atoms with Crippen molar-refractivity contribution in [3.05, 3.63) is 93.0 Å². The topological polar surface area (TPSA) is 221 Å². The first-order chi connectivity index (χ1) is 36.8. The molecule has 0 spiro atoms. The summed E-state index contributed by atoms with van der Waals surface area (Å²) in [6.07, 6.45) is -6.77. The zero-order valence-electron chi connectivity index (χ0n) is 42.4. The zero-order valence-corrected chi connectivity index (χ0v) is 45.7. The minimum absolute atomic E-state index is 0.000718. The van der Waals surface area contributed by atoms with Crippen molar-refractivity contribution in [2.24, 2.45) is 0 Å². The molecule has 1 aliphatic carbocycles. The maximum absolute atomic E-state index is 14.3. The van der Waals surface area contributed by atoms with Gasteiger partial charge in [0, 0.05) is 72.1 Å². The number of carbonyl (C=O) groups is 3. The predicted molar refractivity (Wildman–Crippen MR) is 270 cm³/mol. The van der Waals surface area contributed by atoms with Crippen molar-refractivity contribution >= 4 is 77.8 Å². The summed E-state index contributed by atoms with van der Waals surface area (Å²) in [5.41, 5.74) is -1.43. The highest BCUT2D eigenvalue weighted by molar-refractivity contribution is 8.00. The number of alkyl halides is 8. The Hall–Kier alpha value is -5.80. The van der Waals surface area contributed by atoms with E-state index in [0.717, 1.165) is 28.8 Å². The highest BCUT2D eigenvalue weighted by Gasteiger charge is 2.53. The van der Waals surface area contributed by atoms with Crippen LogP contribution < -0.4 is 9.62 Å². The van der Waals surface area contributed by atoms with Gasteiger partial charge in [-0.25, -0.2) is 32.0 Å². The number of fused-ring (bicyclic) bond motifs is 2. The summed E-state index contributed by atoms with van der Waals surface area (Å²) >= 11 is 7.65. The Balaban J connectivity index is 0.000000359. The summed E-state index contributed by atoms with van der Waals surface area (Å²) < 4.78 is 173. The third kappa shape index (κ3) is 16.4. The number of hydrogen-bond acceptors (Lipinski definition) is 12. The number of amides is 3. The van der Waals surface area contributed by atoms with Gasteiger partial charge in [-0.1, -0.05) is 30.5 Å². The van der Waals surface area contributed by atoms with E-state index in [1.165, 1.54) is 53.6 Å². The molecule has 5 aromatic rings. The average molecular weight is 1210 g/mol. The van der Waals surface area contributed by atoms with Gasteiger partial charge in [0.05, 0.1) is 40.9 Å². The molecule has 1 fully saturated rings. The van der Waals surface area contributed by atoms with Crippen LogP contribution in [0.25, 0.3) is 22.0 Å². The molecule has 3 atom stereocenters. The summed E-state index contributed by atoms with van der Waals surface area (Å²) in [5.74, 6) is -0.0954. The quantitative estimate of drug-likeness (QED) is 0.0169. The highest BCUT2D eigenvalue weighted by atomic mass is 35.5. The number of rotatable bonds is 15. The number of nitrogens with one attached hydrogen (secondary N) is 1. The number of hydrogen-bond donors (Lipinski definition) is 3. The molecule has 7 rings (SSSR count). The lowest BCUT2D eigenvalue weighted by molar-refractivity contribution is -0.142. The third-order valence-electron chi connectivity index (χ3n) is 11.7. The minimum atomic E-state index is -4.76. The fraction of sp³-hybridized carbons (Fsp3) is 0.447. The molecule has 4 heterocycles. The number of aryl methyl sites for hydroxylation is 1. The molecular weight excluding hydrogens is 1160 g/mol. The van der Waals surface area contributed by atoms with E-state index in [1.54, 1.807) is 20.1 Å². The van der Waals surface area contributed by atoms with E-state index in [1.807, 2.05) is 0 Å². The molecule has 79 heavy (non-hydrogen) atoms. The number of aromatic nitrogens is 5. The lowest BCUT2D eigenvalue weighted by Crippen LogP contribution is -2.46. The average Bonchev–Trinajstić information content (AvgIpc) is 4.17. The van der Waals surface area contributed by atoms with Crippen LogP contribution in [0.4, 0.5) is 54.5 Å². The Morgan fingerprint density at radius 2 is 1.68 bits per heavy atom. The number of morpholine rings is 1. The maximum Gasteiger partial charge on any atom is 0.472 e. The smallest absolute Gasteiger partial charge is 0.440 e. The summed E-state index contributed by atoms with van der Waals surface area (Å²) in [4.78, 5) is 57.1.